The van der Waals surface area contributed by atoms with Gasteiger partial charge >= 0.3 is 0 Å². The Labute approximate surface area is 143 Å². The van der Waals surface area contributed by atoms with Crippen molar-refractivity contribution in [2.75, 3.05) is 26.4 Å². The van der Waals surface area contributed by atoms with Crippen LogP contribution < -0.4 is 0 Å². The van der Waals surface area contributed by atoms with Crippen molar-refractivity contribution < 1.29 is 29.9 Å². The summed E-state index contributed by atoms with van der Waals surface area (Å²) in [4.78, 5) is 0. The minimum absolute atomic E-state index is 0.101. The fourth-order valence-corrected chi connectivity index (χ4v) is 5.61. The molecule has 0 radical (unpaired) electrons. The molecule has 24 heavy (non-hydrogen) atoms. The first-order chi connectivity index (χ1) is 11.5. The molecule has 0 aromatic carbocycles. The van der Waals surface area contributed by atoms with Crippen molar-refractivity contribution in [2.45, 2.75) is 51.1 Å². The van der Waals surface area contributed by atoms with E-state index in [4.69, 9.17) is 19.7 Å². The number of fused-ring (bicyclic) bond motifs is 5. The van der Waals surface area contributed by atoms with Crippen LogP contribution in [0.5, 0.6) is 0 Å². The Morgan fingerprint density at radius 2 is 1.42 bits per heavy atom. The first-order valence-electron chi connectivity index (χ1n) is 9.28. The van der Waals surface area contributed by atoms with Crippen LogP contribution >= 0.6 is 0 Å². The fraction of sp³-hybridized carbons (Fsp3) is 1.00. The van der Waals surface area contributed by atoms with Crippen molar-refractivity contribution in [3.63, 3.8) is 0 Å². The highest BCUT2D eigenvalue weighted by Gasteiger charge is 2.62. The summed E-state index contributed by atoms with van der Waals surface area (Å²) in [5.41, 5.74) is 0. The zero-order valence-corrected chi connectivity index (χ0v) is 14.6. The van der Waals surface area contributed by atoms with Crippen LogP contribution in [0.3, 0.4) is 0 Å². The molecule has 6 nitrogen and oxygen atoms in total. The van der Waals surface area contributed by atoms with Gasteiger partial charge in [0.05, 0.1) is 38.6 Å². The molecule has 3 rings (SSSR count). The third kappa shape index (κ3) is 3.24. The van der Waals surface area contributed by atoms with E-state index in [1.54, 1.807) is 0 Å². The molecule has 0 aromatic rings. The molecule has 6 heteroatoms. The summed E-state index contributed by atoms with van der Waals surface area (Å²) in [6.45, 7) is 4.26. The Hall–Kier alpha value is -0.240. The first-order valence-corrected chi connectivity index (χ1v) is 9.28. The lowest BCUT2D eigenvalue weighted by Gasteiger charge is -2.37. The largest absolute Gasteiger partial charge is 0.394 e. The summed E-state index contributed by atoms with van der Waals surface area (Å²) >= 11 is 0. The van der Waals surface area contributed by atoms with Gasteiger partial charge in [-0.15, -0.1) is 0 Å². The van der Waals surface area contributed by atoms with Crippen molar-refractivity contribution in [1.82, 2.24) is 0 Å². The average Bonchev–Trinajstić information content (AvgIpc) is 3.21. The molecule has 140 valence electrons. The molecule has 0 amide bonds. The van der Waals surface area contributed by atoms with Crippen LogP contribution in [0.2, 0.25) is 0 Å². The van der Waals surface area contributed by atoms with Gasteiger partial charge in [-0.3, -0.25) is 0 Å². The maximum atomic E-state index is 9.64. The van der Waals surface area contributed by atoms with E-state index in [0.717, 1.165) is 12.3 Å². The fourth-order valence-electron chi connectivity index (χ4n) is 5.61. The summed E-state index contributed by atoms with van der Waals surface area (Å²) in [6, 6.07) is 0. The number of hydrogen-bond donors (Lipinski definition) is 4. The molecule has 0 aliphatic heterocycles. The van der Waals surface area contributed by atoms with Crippen LogP contribution in [0.15, 0.2) is 0 Å². The smallest absolute Gasteiger partial charge is 0.100 e. The molecule has 3 aliphatic rings. The van der Waals surface area contributed by atoms with Gasteiger partial charge in [-0.1, -0.05) is 13.8 Å². The number of ether oxygens (including phenoxy) is 2. The SMILES string of the molecule is CC1C(C)C2CC1C1CC(OCC(O)CO)C(OCC(O)CO)C21. The van der Waals surface area contributed by atoms with E-state index in [1.165, 1.54) is 6.42 Å². The van der Waals surface area contributed by atoms with E-state index in [1.807, 2.05) is 0 Å². The normalized spacial score (nSPS) is 46.2. The molecule has 0 saturated heterocycles. The second kappa shape index (κ2) is 7.56. The summed E-state index contributed by atoms with van der Waals surface area (Å²) in [5.74, 6) is 3.74. The Bertz CT molecular complexity index is 418. The molecule has 3 aliphatic carbocycles. The molecule has 2 bridgehead atoms. The molecular formula is C18H32O6. The zero-order valence-electron chi connectivity index (χ0n) is 14.6. The topological polar surface area (TPSA) is 99.4 Å². The Balaban J connectivity index is 1.69. The van der Waals surface area contributed by atoms with Crippen molar-refractivity contribution in [3.05, 3.63) is 0 Å². The molecule has 10 unspecified atom stereocenters. The predicted molar refractivity (Wildman–Crippen MR) is 87.2 cm³/mol. The van der Waals surface area contributed by atoms with Crippen molar-refractivity contribution in [1.29, 1.82) is 0 Å². The van der Waals surface area contributed by atoms with Crippen molar-refractivity contribution in [3.8, 4) is 0 Å². The number of aliphatic hydroxyl groups excluding tert-OH is 4. The van der Waals surface area contributed by atoms with Gasteiger partial charge < -0.3 is 29.9 Å². The zero-order chi connectivity index (χ0) is 17.4. The molecule has 3 saturated carbocycles. The average molecular weight is 344 g/mol. The minimum atomic E-state index is -0.873. The summed E-state index contributed by atoms with van der Waals surface area (Å²) in [7, 11) is 0. The Kier molecular flexibility index (Phi) is 5.84. The van der Waals surface area contributed by atoms with Gasteiger partial charge in [-0.2, -0.15) is 0 Å². The van der Waals surface area contributed by atoms with Crippen LogP contribution in [0.4, 0.5) is 0 Å². The van der Waals surface area contributed by atoms with Crippen LogP contribution in [-0.4, -0.2) is 71.3 Å². The third-order valence-corrected chi connectivity index (χ3v) is 6.92. The second-order valence-electron chi connectivity index (χ2n) is 8.10. The molecule has 0 spiro atoms. The standard InChI is InChI=1S/C18H32O6/c1-9-10(2)14-3-13(9)15-4-16(23-7-11(21)5-19)18(17(14)15)24-8-12(22)6-20/h9-22H,3-8H2,1-2H3. The lowest BCUT2D eigenvalue weighted by Crippen LogP contribution is -2.40. The molecule has 0 aromatic heterocycles. The van der Waals surface area contributed by atoms with E-state index in [9.17, 15) is 10.2 Å². The third-order valence-electron chi connectivity index (χ3n) is 6.92. The van der Waals surface area contributed by atoms with Crippen LogP contribution in [0.25, 0.3) is 0 Å². The highest BCUT2D eigenvalue weighted by atomic mass is 16.6. The van der Waals surface area contributed by atoms with Crippen molar-refractivity contribution >= 4 is 0 Å². The van der Waals surface area contributed by atoms with Gasteiger partial charge in [0.1, 0.15) is 12.2 Å². The highest BCUT2D eigenvalue weighted by Crippen LogP contribution is 2.63. The van der Waals surface area contributed by atoms with E-state index in [2.05, 4.69) is 13.8 Å². The molecular weight excluding hydrogens is 312 g/mol. The molecule has 10 atom stereocenters. The maximum Gasteiger partial charge on any atom is 0.100 e. The summed E-state index contributed by atoms with van der Waals surface area (Å²) in [6.07, 6.45) is 0.209. The van der Waals surface area contributed by atoms with Gasteiger partial charge in [0.25, 0.3) is 0 Å². The van der Waals surface area contributed by atoms with Crippen LogP contribution in [0.1, 0.15) is 26.7 Å². The van der Waals surface area contributed by atoms with Crippen LogP contribution in [-0.2, 0) is 9.47 Å². The highest BCUT2D eigenvalue weighted by molar-refractivity contribution is 5.10. The molecule has 3 fully saturated rings. The van der Waals surface area contributed by atoms with E-state index >= 15 is 0 Å². The van der Waals surface area contributed by atoms with Crippen LogP contribution in [0, 0.1) is 35.5 Å². The Morgan fingerprint density at radius 1 is 0.833 bits per heavy atom. The maximum absolute atomic E-state index is 9.64. The lowest BCUT2D eigenvalue weighted by atomic mass is 9.70. The minimum Gasteiger partial charge on any atom is -0.394 e. The number of hydrogen-bond acceptors (Lipinski definition) is 6. The van der Waals surface area contributed by atoms with Gasteiger partial charge in [0, 0.05) is 0 Å². The summed E-state index contributed by atoms with van der Waals surface area (Å²) in [5, 5.41) is 37.2. The Morgan fingerprint density at radius 3 is 2.04 bits per heavy atom. The van der Waals surface area contributed by atoms with Gasteiger partial charge in [-0.05, 0) is 48.3 Å². The number of aliphatic hydroxyl groups is 4. The van der Waals surface area contributed by atoms with E-state index in [-0.39, 0.29) is 38.6 Å². The summed E-state index contributed by atoms with van der Waals surface area (Å²) < 4.78 is 11.9. The van der Waals surface area contributed by atoms with Crippen molar-refractivity contribution in [2.24, 2.45) is 35.5 Å². The van der Waals surface area contributed by atoms with E-state index in [0.29, 0.717) is 29.6 Å². The molecule has 4 N–H and O–H groups in total. The number of rotatable bonds is 8. The monoisotopic (exact) mass is 344 g/mol. The molecule has 0 heterocycles. The van der Waals surface area contributed by atoms with Gasteiger partial charge in [-0.25, -0.2) is 0 Å². The first kappa shape index (κ1) is 18.5. The lowest BCUT2D eigenvalue weighted by molar-refractivity contribution is -0.119. The van der Waals surface area contributed by atoms with Gasteiger partial charge in [0.15, 0.2) is 0 Å². The van der Waals surface area contributed by atoms with E-state index < -0.39 is 12.2 Å². The van der Waals surface area contributed by atoms with Gasteiger partial charge in [0.2, 0.25) is 0 Å². The second-order valence-corrected chi connectivity index (χ2v) is 8.10. The predicted octanol–water partition coefficient (Wildman–Crippen LogP) is 0.0212. The quantitative estimate of drug-likeness (QED) is 0.495.